The zero-order valence-corrected chi connectivity index (χ0v) is 12.6. The molecule has 1 aromatic heterocycles. The molecule has 2 heterocycles. The molecule has 1 atom stereocenters. The van der Waals surface area contributed by atoms with E-state index in [0.29, 0.717) is 0 Å². The Morgan fingerprint density at radius 2 is 2.00 bits per heavy atom. The Bertz CT molecular complexity index is 615. The summed E-state index contributed by atoms with van der Waals surface area (Å²) in [5, 5.41) is 0. The third-order valence-electron chi connectivity index (χ3n) is 3.65. The van der Waals surface area contributed by atoms with E-state index in [-0.39, 0.29) is 11.9 Å². The molecule has 3 rings (SSSR count). The number of benzene rings is 1. The highest BCUT2D eigenvalue weighted by Gasteiger charge is 2.31. The Morgan fingerprint density at radius 3 is 2.75 bits per heavy atom. The Hall–Kier alpha value is -1.68. The van der Waals surface area contributed by atoms with Gasteiger partial charge in [0.25, 0.3) is 5.91 Å². The van der Waals surface area contributed by atoms with Gasteiger partial charge >= 0.3 is 0 Å². The lowest BCUT2D eigenvalue weighted by Gasteiger charge is -2.24. The Balaban J connectivity index is 1.90. The second-order valence-corrected chi connectivity index (χ2v) is 5.75. The van der Waals surface area contributed by atoms with Gasteiger partial charge in [0.05, 0.1) is 17.3 Å². The number of hydrogen-bond donors (Lipinski definition) is 0. The van der Waals surface area contributed by atoms with Gasteiger partial charge in [0.1, 0.15) is 0 Å². The fraction of sp³-hybridized carbons (Fsp3) is 0.250. The molecule has 0 unspecified atom stereocenters. The number of halogens is 1. The third-order valence-corrected chi connectivity index (χ3v) is 4.34. The highest BCUT2D eigenvalue weighted by Crippen LogP contribution is 2.33. The van der Waals surface area contributed by atoms with Crippen LogP contribution in [0.5, 0.6) is 0 Å². The van der Waals surface area contributed by atoms with E-state index in [2.05, 4.69) is 20.9 Å². The highest BCUT2D eigenvalue weighted by atomic mass is 79.9. The molecule has 1 aliphatic rings. The van der Waals surface area contributed by atoms with Crippen molar-refractivity contribution in [3.8, 4) is 0 Å². The summed E-state index contributed by atoms with van der Waals surface area (Å²) in [6.07, 6.45) is 3.79. The first-order chi connectivity index (χ1) is 9.77. The molecule has 20 heavy (non-hydrogen) atoms. The van der Waals surface area contributed by atoms with Crippen molar-refractivity contribution in [2.75, 3.05) is 6.54 Å². The van der Waals surface area contributed by atoms with Crippen LogP contribution in [0.4, 0.5) is 0 Å². The van der Waals surface area contributed by atoms with Crippen molar-refractivity contribution in [1.82, 2.24) is 9.88 Å². The van der Waals surface area contributed by atoms with Gasteiger partial charge in [-0.1, -0.05) is 18.2 Å². The lowest BCUT2D eigenvalue weighted by atomic mass is 10.1. The number of pyridine rings is 1. The quantitative estimate of drug-likeness (QED) is 0.838. The van der Waals surface area contributed by atoms with Gasteiger partial charge in [-0.25, -0.2) is 0 Å². The van der Waals surface area contributed by atoms with Crippen molar-refractivity contribution in [3.05, 3.63) is 64.4 Å². The van der Waals surface area contributed by atoms with Crippen LogP contribution in [0.15, 0.2) is 53.1 Å². The van der Waals surface area contributed by atoms with Crippen molar-refractivity contribution in [2.24, 2.45) is 0 Å². The summed E-state index contributed by atoms with van der Waals surface area (Å²) in [4.78, 5) is 19.1. The molecule has 1 fully saturated rings. The fourth-order valence-corrected chi connectivity index (χ4v) is 3.13. The van der Waals surface area contributed by atoms with Gasteiger partial charge in [0, 0.05) is 17.2 Å². The number of carbonyl (C=O) groups excluding carboxylic acids is 1. The molecule has 0 bridgehead atoms. The van der Waals surface area contributed by atoms with Crippen molar-refractivity contribution >= 4 is 21.8 Å². The predicted molar refractivity (Wildman–Crippen MR) is 81.4 cm³/mol. The van der Waals surface area contributed by atoms with Crippen LogP contribution in [0.1, 0.15) is 34.9 Å². The molecule has 0 radical (unpaired) electrons. The van der Waals surface area contributed by atoms with Gasteiger partial charge in [0.15, 0.2) is 0 Å². The van der Waals surface area contributed by atoms with Gasteiger partial charge in [-0.05, 0) is 53.0 Å². The lowest BCUT2D eigenvalue weighted by molar-refractivity contribution is 0.0732. The molecule has 102 valence electrons. The molecule has 0 N–H and O–H groups in total. The van der Waals surface area contributed by atoms with Crippen molar-refractivity contribution < 1.29 is 4.79 Å². The topological polar surface area (TPSA) is 33.2 Å². The van der Waals surface area contributed by atoms with Crippen LogP contribution in [0.25, 0.3) is 0 Å². The van der Waals surface area contributed by atoms with Gasteiger partial charge in [-0.2, -0.15) is 0 Å². The summed E-state index contributed by atoms with van der Waals surface area (Å²) in [5.74, 6) is 0.0747. The SMILES string of the molecule is O=C(c1ccccc1Br)N1CCC[C@H]1c1ccccn1. The second-order valence-electron chi connectivity index (χ2n) is 4.89. The van der Waals surface area contributed by atoms with Gasteiger partial charge in [0.2, 0.25) is 0 Å². The molecule has 4 heteroatoms. The Morgan fingerprint density at radius 1 is 1.20 bits per heavy atom. The van der Waals surface area contributed by atoms with Gasteiger partial charge in [-0.15, -0.1) is 0 Å². The predicted octanol–water partition coefficient (Wildman–Crippen LogP) is 3.82. The smallest absolute Gasteiger partial charge is 0.255 e. The average Bonchev–Trinajstić information content (AvgIpc) is 2.97. The number of likely N-dealkylation sites (tertiary alicyclic amines) is 1. The average molecular weight is 331 g/mol. The van der Waals surface area contributed by atoms with Crippen molar-refractivity contribution in [3.63, 3.8) is 0 Å². The van der Waals surface area contributed by atoms with E-state index in [1.165, 1.54) is 0 Å². The lowest BCUT2D eigenvalue weighted by Crippen LogP contribution is -2.31. The summed E-state index contributed by atoms with van der Waals surface area (Å²) in [6.45, 7) is 0.793. The van der Waals surface area contributed by atoms with E-state index in [9.17, 15) is 4.79 Å². The molecular formula is C16H15BrN2O. The molecular weight excluding hydrogens is 316 g/mol. The van der Waals surface area contributed by atoms with Gasteiger partial charge in [-0.3, -0.25) is 9.78 Å². The van der Waals surface area contributed by atoms with Crippen LogP contribution >= 0.6 is 15.9 Å². The first-order valence-corrected chi connectivity index (χ1v) is 7.53. The molecule has 0 spiro atoms. The molecule has 0 aliphatic carbocycles. The number of hydrogen-bond acceptors (Lipinski definition) is 2. The van der Waals surface area contributed by atoms with E-state index in [1.807, 2.05) is 47.4 Å². The minimum atomic E-state index is 0.0747. The van der Waals surface area contributed by atoms with Crippen LogP contribution in [-0.2, 0) is 0 Å². The number of nitrogens with zero attached hydrogens (tertiary/aromatic N) is 2. The minimum Gasteiger partial charge on any atom is -0.330 e. The normalized spacial score (nSPS) is 18.2. The molecule has 2 aromatic rings. The summed E-state index contributed by atoms with van der Waals surface area (Å²) in [7, 11) is 0. The van der Waals surface area contributed by atoms with Gasteiger partial charge < -0.3 is 4.90 Å². The van der Waals surface area contributed by atoms with Crippen LogP contribution < -0.4 is 0 Å². The first-order valence-electron chi connectivity index (χ1n) is 6.74. The van der Waals surface area contributed by atoms with Crippen LogP contribution in [0.3, 0.4) is 0 Å². The number of aromatic nitrogens is 1. The fourth-order valence-electron chi connectivity index (χ4n) is 2.68. The van der Waals surface area contributed by atoms with E-state index >= 15 is 0 Å². The van der Waals surface area contributed by atoms with Crippen molar-refractivity contribution in [2.45, 2.75) is 18.9 Å². The highest BCUT2D eigenvalue weighted by molar-refractivity contribution is 9.10. The van der Waals surface area contributed by atoms with Crippen molar-refractivity contribution in [1.29, 1.82) is 0 Å². The molecule has 1 amide bonds. The zero-order chi connectivity index (χ0) is 13.9. The maximum absolute atomic E-state index is 12.7. The maximum Gasteiger partial charge on any atom is 0.255 e. The largest absolute Gasteiger partial charge is 0.330 e. The third kappa shape index (κ3) is 2.48. The Labute approximate surface area is 126 Å². The molecule has 0 saturated carbocycles. The first kappa shape index (κ1) is 13.3. The summed E-state index contributed by atoms with van der Waals surface area (Å²) in [5.41, 5.74) is 1.70. The van der Waals surface area contributed by atoms with Crippen LogP contribution in [0, 0.1) is 0 Å². The Kier molecular flexibility index (Phi) is 3.83. The summed E-state index contributed by atoms with van der Waals surface area (Å²) >= 11 is 3.46. The molecule has 1 saturated heterocycles. The van der Waals surface area contributed by atoms with E-state index in [0.717, 1.165) is 35.1 Å². The molecule has 1 aliphatic heterocycles. The summed E-state index contributed by atoms with van der Waals surface area (Å²) in [6, 6.07) is 13.5. The number of rotatable bonds is 2. The van der Waals surface area contributed by atoms with E-state index in [1.54, 1.807) is 6.20 Å². The monoisotopic (exact) mass is 330 g/mol. The maximum atomic E-state index is 12.7. The zero-order valence-electron chi connectivity index (χ0n) is 11.0. The molecule has 3 nitrogen and oxygen atoms in total. The van der Waals surface area contributed by atoms with E-state index < -0.39 is 0 Å². The van der Waals surface area contributed by atoms with Crippen LogP contribution in [0.2, 0.25) is 0 Å². The van der Waals surface area contributed by atoms with Crippen LogP contribution in [-0.4, -0.2) is 22.3 Å². The van der Waals surface area contributed by atoms with E-state index in [4.69, 9.17) is 0 Å². The minimum absolute atomic E-state index is 0.0747. The summed E-state index contributed by atoms with van der Waals surface area (Å²) < 4.78 is 0.844. The standard InChI is InChI=1S/C16H15BrN2O/c17-13-7-2-1-6-12(13)16(20)19-11-5-9-15(19)14-8-3-4-10-18-14/h1-4,6-8,10,15H,5,9,11H2/t15-/m0/s1. The number of carbonyl (C=O) groups is 1. The second kappa shape index (κ2) is 5.75. The molecule has 1 aromatic carbocycles. The number of amides is 1.